The zero-order chi connectivity index (χ0) is 6.91. The highest BCUT2D eigenvalue weighted by Gasteiger charge is 2.09. The molecule has 0 N–H and O–H groups in total. The van der Waals surface area contributed by atoms with E-state index in [-0.39, 0.29) is 0 Å². The Bertz CT molecular complexity index is 175. The van der Waals surface area contributed by atoms with Gasteiger partial charge in [-0.1, -0.05) is 0 Å². The second kappa shape index (κ2) is 2.52. The van der Waals surface area contributed by atoms with Crippen LogP contribution >= 0.6 is 32.1 Å². The monoisotopic (exact) mass is 179 g/mol. The van der Waals surface area contributed by atoms with Crippen molar-refractivity contribution >= 4 is 32.1 Å². The van der Waals surface area contributed by atoms with Gasteiger partial charge in [0.15, 0.2) is 0 Å². The summed E-state index contributed by atoms with van der Waals surface area (Å²) in [7, 11) is -0.866. The number of hydrogen-bond acceptors (Lipinski definition) is 3. The van der Waals surface area contributed by atoms with Gasteiger partial charge in [0.2, 0.25) is 0 Å². The third-order valence-corrected chi connectivity index (χ3v) is 3.47. The van der Waals surface area contributed by atoms with E-state index in [4.69, 9.17) is 0 Å². The molecule has 0 spiro atoms. The zero-order valence-electron chi connectivity index (χ0n) is 5.37. The predicted octanol–water partition coefficient (Wildman–Crippen LogP) is 2.41. The van der Waals surface area contributed by atoms with Crippen LogP contribution in [0.3, 0.4) is 0 Å². The van der Waals surface area contributed by atoms with E-state index in [0.29, 0.717) is 0 Å². The Hall–Kier alpha value is 0.330. The fourth-order valence-corrected chi connectivity index (χ4v) is 2.88. The van der Waals surface area contributed by atoms with Gasteiger partial charge in [0.25, 0.3) is 0 Å². The molecule has 0 aliphatic heterocycles. The molecule has 0 amide bonds. The van der Waals surface area contributed by atoms with Gasteiger partial charge in [-0.2, -0.15) is 9.06 Å². The predicted molar refractivity (Wildman–Crippen MR) is 48.8 cm³/mol. The fraction of sp³-hybridized carbons (Fsp3) is 0.400. The van der Waals surface area contributed by atoms with Gasteiger partial charge >= 0.3 is 0 Å². The molecule has 0 aromatic carbocycles. The molecule has 4 heteroatoms. The largest absolute Gasteiger partial charge is 0.239 e. The first-order valence-corrected chi connectivity index (χ1v) is 6.89. The molecule has 1 rings (SSSR count). The van der Waals surface area contributed by atoms with Gasteiger partial charge < -0.3 is 0 Å². The van der Waals surface area contributed by atoms with Crippen LogP contribution in [0.15, 0.2) is 15.9 Å². The molecule has 0 fully saturated rings. The Morgan fingerprint density at radius 2 is 2.33 bits per heavy atom. The normalized spacial score (nSPS) is 13.7. The van der Waals surface area contributed by atoms with E-state index in [0.717, 1.165) is 5.03 Å². The summed E-state index contributed by atoms with van der Waals surface area (Å²) < 4.78 is 0. The lowest BCUT2D eigenvalue weighted by Gasteiger charge is -2.19. The lowest BCUT2D eigenvalue weighted by atomic mass is 11.0. The van der Waals surface area contributed by atoms with Crippen LogP contribution in [0.25, 0.3) is 0 Å². The van der Waals surface area contributed by atoms with Crippen LogP contribution in [0.2, 0.25) is 0 Å². The van der Waals surface area contributed by atoms with Crippen molar-refractivity contribution in [2.75, 3.05) is 12.5 Å². The average molecular weight is 179 g/mol. The van der Waals surface area contributed by atoms with E-state index < -0.39 is 9.06 Å². The maximum atomic E-state index is 4.44. The van der Waals surface area contributed by atoms with Crippen molar-refractivity contribution in [3.05, 3.63) is 10.9 Å². The molecular formula is C5H9NS3. The molecule has 1 nitrogen and oxygen atoms in total. The van der Waals surface area contributed by atoms with E-state index in [2.05, 4.69) is 34.5 Å². The lowest BCUT2D eigenvalue weighted by Crippen LogP contribution is -1.85. The summed E-state index contributed by atoms with van der Waals surface area (Å²) in [4.78, 5) is 4.17. The minimum atomic E-state index is -0.866. The van der Waals surface area contributed by atoms with Crippen molar-refractivity contribution < 1.29 is 0 Å². The van der Waals surface area contributed by atoms with E-state index in [1.807, 2.05) is 5.51 Å². The number of hydrogen-bond donors (Lipinski definition) is 1. The maximum absolute atomic E-state index is 4.44. The Kier molecular flexibility index (Phi) is 2.08. The maximum Gasteiger partial charge on any atom is 0.0980 e. The number of thiol groups is 1. The van der Waals surface area contributed by atoms with E-state index >= 15 is 0 Å². The highest BCUT2D eigenvalue weighted by Crippen LogP contribution is 2.52. The molecule has 0 aliphatic rings. The minimum Gasteiger partial charge on any atom is -0.239 e. The van der Waals surface area contributed by atoms with Gasteiger partial charge in [-0.05, 0) is 12.5 Å². The first kappa shape index (κ1) is 7.44. The molecule has 52 valence electrons. The first-order chi connectivity index (χ1) is 4.11. The SMILES string of the molecule is CS(C)(S)c1cscn1. The van der Waals surface area contributed by atoms with Crippen molar-refractivity contribution in [1.82, 2.24) is 4.98 Å². The highest BCUT2D eigenvalue weighted by atomic mass is 33.1. The second-order valence-electron chi connectivity index (χ2n) is 2.10. The van der Waals surface area contributed by atoms with Gasteiger partial charge in [0, 0.05) is 5.38 Å². The number of aromatic nitrogens is 1. The summed E-state index contributed by atoms with van der Waals surface area (Å²) in [6.07, 6.45) is 4.23. The molecule has 9 heavy (non-hydrogen) atoms. The van der Waals surface area contributed by atoms with Crippen LogP contribution in [0, 0.1) is 0 Å². The van der Waals surface area contributed by atoms with Gasteiger partial charge in [-0.25, -0.2) is 4.98 Å². The third kappa shape index (κ3) is 1.88. The number of nitrogens with zero attached hydrogens (tertiary/aromatic N) is 1. The molecule has 0 saturated heterocycles. The van der Waals surface area contributed by atoms with Gasteiger partial charge in [-0.3, -0.25) is 0 Å². The van der Waals surface area contributed by atoms with E-state index in [9.17, 15) is 0 Å². The van der Waals surface area contributed by atoms with Crippen molar-refractivity contribution in [3.8, 4) is 0 Å². The van der Waals surface area contributed by atoms with Crippen molar-refractivity contribution in [1.29, 1.82) is 0 Å². The molecule has 1 aromatic heterocycles. The fourth-order valence-electron chi connectivity index (χ4n) is 0.448. The Balaban J connectivity index is 2.90. The highest BCUT2D eigenvalue weighted by molar-refractivity contribution is 8.87. The molecule has 0 aliphatic carbocycles. The molecule has 0 bridgehead atoms. The summed E-state index contributed by atoms with van der Waals surface area (Å²) >= 11 is 6.07. The quantitative estimate of drug-likeness (QED) is 0.516. The molecule has 0 radical (unpaired) electrons. The van der Waals surface area contributed by atoms with Crippen molar-refractivity contribution in [2.45, 2.75) is 5.03 Å². The number of rotatable bonds is 1. The second-order valence-corrected chi connectivity index (χ2v) is 8.52. The summed E-state index contributed by atoms with van der Waals surface area (Å²) in [5.41, 5.74) is 1.85. The smallest absolute Gasteiger partial charge is 0.0980 e. The van der Waals surface area contributed by atoms with Crippen molar-refractivity contribution in [3.63, 3.8) is 0 Å². The van der Waals surface area contributed by atoms with Gasteiger partial charge in [0.05, 0.1) is 10.5 Å². The third-order valence-electron chi connectivity index (χ3n) is 0.921. The van der Waals surface area contributed by atoms with E-state index in [1.165, 1.54) is 0 Å². The standard InChI is InChI=1S/C5H9NS3/c1-9(2,7)5-3-8-4-6-5/h3-4,7H,1-2H3. The Morgan fingerprint density at radius 3 is 2.56 bits per heavy atom. The molecule has 0 saturated carbocycles. The molecule has 1 heterocycles. The zero-order valence-corrected chi connectivity index (χ0v) is 7.89. The van der Waals surface area contributed by atoms with Crippen molar-refractivity contribution in [2.24, 2.45) is 0 Å². The average Bonchev–Trinajstić information content (AvgIpc) is 2.08. The van der Waals surface area contributed by atoms with Crippen LogP contribution in [0.4, 0.5) is 0 Å². The molecule has 1 aromatic rings. The van der Waals surface area contributed by atoms with Gasteiger partial charge in [0.1, 0.15) is 0 Å². The van der Waals surface area contributed by atoms with Crippen LogP contribution in [0.5, 0.6) is 0 Å². The molecule has 0 atom stereocenters. The Morgan fingerprint density at radius 1 is 1.67 bits per heavy atom. The summed E-state index contributed by atoms with van der Waals surface area (Å²) in [5, 5.41) is 3.19. The van der Waals surface area contributed by atoms with Crippen LogP contribution in [-0.4, -0.2) is 17.5 Å². The summed E-state index contributed by atoms with van der Waals surface area (Å²) in [5.74, 6) is 0. The topological polar surface area (TPSA) is 12.9 Å². The Labute approximate surface area is 65.6 Å². The summed E-state index contributed by atoms with van der Waals surface area (Å²) in [6.45, 7) is 0. The number of thiazole rings is 1. The first-order valence-electron chi connectivity index (χ1n) is 2.45. The van der Waals surface area contributed by atoms with Crippen LogP contribution < -0.4 is 0 Å². The van der Waals surface area contributed by atoms with E-state index in [1.54, 1.807) is 11.3 Å². The summed E-state index contributed by atoms with van der Waals surface area (Å²) in [6, 6.07) is 0. The van der Waals surface area contributed by atoms with Crippen LogP contribution in [-0.2, 0) is 0 Å². The molecule has 0 unspecified atom stereocenters. The molecular weight excluding hydrogens is 170 g/mol. The van der Waals surface area contributed by atoms with Gasteiger partial charge in [-0.15, -0.1) is 23.0 Å². The minimum absolute atomic E-state index is 0.866. The lowest BCUT2D eigenvalue weighted by molar-refractivity contribution is 1.20. The van der Waals surface area contributed by atoms with Crippen LogP contribution in [0.1, 0.15) is 0 Å².